The maximum absolute atomic E-state index is 15.3. The van der Waals surface area contributed by atoms with Gasteiger partial charge in [0.1, 0.15) is 5.82 Å². The van der Waals surface area contributed by atoms with Gasteiger partial charge >= 0.3 is 0 Å². The minimum atomic E-state index is -1.000. The van der Waals surface area contributed by atoms with Crippen molar-refractivity contribution in [1.82, 2.24) is 0 Å². The van der Waals surface area contributed by atoms with Crippen molar-refractivity contribution < 1.29 is 17.9 Å². The first kappa shape index (κ1) is 28.3. The Labute approximate surface area is 236 Å². The molecule has 2 aliphatic carbocycles. The number of hydrogen-bond donors (Lipinski definition) is 0. The van der Waals surface area contributed by atoms with Crippen LogP contribution < -0.4 is 4.74 Å². The van der Waals surface area contributed by atoms with Crippen LogP contribution in [0.5, 0.6) is 5.75 Å². The van der Waals surface area contributed by atoms with E-state index in [4.69, 9.17) is 4.74 Å². The van der Waals surface area contributed by atoms with Gasteiger partial charge < -0.3 is 4.74 Å². The van der Waals surface area contributed by atoms with E-state index in [1.165, 1.54) is 56.2 Å². The van der Waals surface area contributed by atoms with Gasteiger partial charge in [-0.2, -0.15) is 4.39 Å². The van der Waals surface area contributed by atoms with Crippen molar-refractivity contribution in [2.75, 3.05) is 6.61 Å². The first-order valence-corrected chi connectivity index (χ1v) is 14.8. The fraction of sp³-hybridized carbons (Fsp3) is 0.389. The topological polar surface area (TPSA) is 9.23 Å². The highest BCUT2D eigenvalue weighted by molar-refractivity contribution is 5.74. The van der Waals surface area contributed by atoms with Gasteiger partial charge in [-0.15, -0.1) is 6.58 Å². The Balaban J connectivity index is 1.23. The number of hydrogen-bond acceptors (Lipinski definition) is 1. The van der Waals surface area contributed by atoms with Crippen molar-refractivity contribution in [3.05, 3.63) is 96.3 Å². The van der Waals surface area contributed by atoms with Gasteiger partial charge in [0.15, 0.2) is 11.6 Å². The van der Waals surface area contributed by atoms with Crippen LogP contribution in [0.4, 0.5) is 13.2 Å². The zero-order valence-corrected chi connectivity index (χ0v) is 23.4. The third-order valence-corrected chi connectivity index (χ3v) is 8.98. The molecule has 0 saturated heterocycles. The predicted molar refractivity (Wildman–Crippen MR) is 159 cm³/mol. The van der Waals surface area contributed by atoms with E-state index in [2.05, 4.69) is 12.7 Å². The lowest BCUT2D eigenvalue weighted by atomic mass is 9.70. The second kappa shape index (κ2) is 12.9. The maximum atomic E-state index is 15.3. The van der Waals surface area contributed by atoms with Crippen LogP contribution in [-0.4, -0.2) is 6.61 Å². The molecule has 3 aromatic carbocycles. The summed E-state index contributed by atoms with van der Waals surface area (Å²) in [7, 11) is 0. The summed E-state index contributed by atoms with van der Waals surface area (Å²) in [6, 6.07) is 15.3. The van der Waals surface area contributed by atoms with Gasteiger partial charge in [0.2, 0.25) is 5.82 Å². The lowest BCUT2D eigenvalue weighted by Gasteiger charge is -2.35. The lowest BCUT2D eigenvalue weighted by molar-refractivity contribution is 0.190. The molecule has 0 N–H and O–H groups in total. The maximum Gasteiger partial charge on any atom is 0.201 e. The van der Waals surface area contributed by atoms with Crippen LogP contribution in [0.1, 0.15) is 70.3 Å². The monoisotopic (exact) mass is 544 g/mol. The molecule has 1 fully saturated rings. The predicted octanol–water partition coefficient (Wildman–Crippen LogP) is 10.8. The van der Waals surface area contributed by atoms with E-state index in [-0.39, 0.29) is 23.7 Å². The van der Waals surface area contributed by atoms with Crippen LogP contribution in [-0.2, 0) is 0 Å². The molecule has 210 valence electrons. The summed E-state index contributed by atoms with van der Waals surface area (Å²) < 4.78 is 49.4. The van der Waals surface area contributed by atoms with Gasteiger partial charge in [0, 0.05) is 11.1 Å². The molecule has 0 aromatic heterocycles. The summed E-state index contributed by atoms with van der Waals surface area (Å²) in [6.45, 7) is 5.83. The highest BCUT2D eigenvalue weighted by atomic mass is 19.2. The molecule has 0 aliphatic heterocycles. The Hall–Kier alpha value is -3.27. The highest BCUT2D eigenvalue weighted by Crippen LogP contribution is 2.42. The molecule has 0 amide bonds. The van der Waals surface area contributed by atoms with E-state index in [0.29, 0.717) is 16.7 Å². The molecular weight excluding hydrogens is 505 g/mol. The molecule has 0 radical (unpaired) electrons. The first-order valence-electron chi connectivity index (χ1n) is 14.8. The van der Waals surface area contributed by atoms with Gasteiger partial charge in [-0.05, 0) is 110 Å². The minimum Gasteiger partial charge on any atom is -0.491 e. The van der Waals surface area contributed by atoms with Crippen LogP contribution in [0.3, 0.4) is 0 Å². The Morgan fingerprint density at radius 1 is 0.800 bits per heavy atom. The van der Waals surface area contributed by atoms with E-state index in [1.807, 2.05) is 18.2 Å². The van der Waals surface area contributed by atoms with E-state index in [1.54, 1.807) is 37.3 Å². The van der Waals surface area contributed by atoms with Crippen molar-refractivity contribution >= 4 is 5.57 Å². The number of halogens is 3. The number of allylic oxidation sites excluding steroid dienone is 3. The Bertz CT molecular complexity index is 1350. The van der Waals surface area contributed by atoms with Crippen LogP contribution in [0.15, 0.2) is 73.3 Å². The summed E-state index contributed by atoms with van der Waals surface area (Å²) in [5.41, 5.74) is 4.05. The Kier molecular flexibility index (Phi) is 9.14. The van der Waals surface area contributed by atoms with Gasteiger partial charge in [0.05, 0.1) is 6.61 Å². The molecule has 0 spiro atoms. The molecule has 40 heavy (non-hydrogen) atoms. The van der Waals surface area contributed by atoms with Gasteiger partial charge in [0.25, 0.3) is 0 Å². The molecule has 1 unspecified atom stereocenters. The van der Waals surface area contributed by atoms with Crippen LogP contribution in [0.25, 0.3) is 27.8 Å². The van der Waals surface area contributed by atoms with Crippen molar-refractivity contribution in [3.63, 3.8) is 0 Å². The zero-order chi connectivity index (χ0) is 28.1. The molecular formula is C36H39F3O. The molecule has 1 saturated carbocycles. The second-order valence-electron chi connectivity index (χ2n) is 11.4. The van der Waals surface area contributed by atoms with E-state index < -0.39 is 11.6 Å². The third-order valence-electron chi connectivity index (χ3n) is 8.98. The van der Waals surface area contributed by atoms with Gasteiger partial charge in [-0.1, -0.05) is 61.4 Å². The molecule has 0 heterocycles. The van der Waals surface area contributed by atoms with Gasteiger partial charge in [-0.3, -0.25) is 0 Å². The summed E-state index contributed by atoms with van der Waals surface area (Å²) in [5, 5.41) is 0. The standard InChI is InChI=1S/C36H39F3O/c1-3-5-6-24-7-9-25(10-8-24)26-11-13-27(14-12-26)30-19-20-31(33(37)23-30)28-15-17-29(18-16-28)32-21-22-34(40-4-2)36(39)35(32)38/h3,13,15-26H,1,4-12,14H2,2H3. The summed E-state index contributed by atoms with van der Waals surface area (Å²) >= 11 is 0. The zero-order valence-electron chi connectivity index (χ0n) is 23.4. The van der Waals surface area contributed by atoms with E-state index in [0.717, 1.165) is 42.6 Å². The number of ether oxygens (including phenoxy) is 1. The normalized spacial score (nSPS) is 21.1. The molecule has 0 bridgehead atoms. The van der Waals surface area contributed by atoms with Crippen molar-refractivity contribution in [3.8, 4) is 28.0 Å². The quantitative estimate of drug-likeness (QED) is 0.243. The molecule has 5 rings (SSSR count). The third kappa shape index (κ3) is 6.22. The molecule has 2 aliphatic rings. The second-order valence-corrected chi connectivity index (χ2v) is 11.4. The highest BCUT2D eigenvalue weighted by Gasteiger charge is 2.28. The van der Waals surface area contributed by atoms with Crippen molar-refractivity contribution in [2.45, 2.75) is 64.7 Å². The van der Waals surface area contributed by atoms with E-state index in [9.17, 15) is 8.78 Å². The lowest BCUT2D eigenvalue weighted by Crippen LogP contribution is -2.23. The number of benzene rings is 3. The number of rotatable bonds is 9. The Morgan fingerprint density at radius 3 is 2.10 bits per heavy atom. The largest absolute Gasteiger partial charge is 0.491 e. The summed E-state index contributed by atoms with van der Waals surface area (Å²) in [5.74, 6) is 0.122. The average molecular weight is 545 g/mol. The fourth-order valence-electron chi connectivity index (χ4n) is 6.65. The average Bonchev–Trinajstić information content (AvgIpc) is 2.99. The SMILES string of the molecule is C=CCCC1CCC(C2CC=C(c3ccc(-c4ccc(-c5ccc(OCC)c(F)c5F)cc4)c(F)c3)CC2)CC1. The van der Waals surface area contributed by atoms with Gasteiger partial charge in [-0.25, -0.2) is 8.78 Å². The molecule has 4 heteroatoms. The Morgan fingerprint density at radius 2 is 1.48 bits per heavy atom. The summed E-state index contributed by atoms with van der Waals surface area (Å²) in [4.78, 5) is 0. The van der Waals surface area contributed by atoms with E-state index >= 15 is 4.39 Å². The molecule has 1 nitrogen and oxygen atoms in total. The van der Waals surface area contributed by atoms with Crippen molar-refractivity contribution in [1.29, 1.82) is 0 Å². The first-order chi connectivity index (χ1) is 19.5. The van der Waals surface area contributed by atoms with Crippen molar-refractivity contribution in [2.24, 2.45) is 17.8 Å². The molecule has 3 aromatic rings. The smallest absolute Gasteiger partial charge is 0.201 e. The van der Waals surface area contributed by atoms with Crippen LogP contribution >= 0.6 is 0 Å². The van der Waals surface area contributed by atoms with Crippen LogP contribution in [0.2, 0.25) is 0 Å². The minimum absolute atomic E-state index is 0.104. The van der Waals surface area contributed by atoms with Crippen LogP contribution in [0, 0.1) is 35.2 Å². The summed E-state index contributed by atoms with van der Waals surface area (Å²) in [6.07, 6.45) is 15.5. The molecule has 1 atom stereocenters. The fourth-order valence-corrected chi connectivity index (χ4v) is 6.65.